The minimum absolute atomic E-state index is 0. The van der Waals surface area contributed by atoms with Crippen LogP contribution in [0, 0.1) is 11.6 Å². The minimum atomic E-state index is -1.63. The van der Waals surface area contributed by atoms with E-state index in [1.807, 2.05) is 0 Å². The van der Waals surface area contributed by atoms with E-state index in [0.29, 0.717) is 38.6 Å². The van der Waals surface area contributed by atoms with Gasteiger partial charge in [-0.25, -0.2) is 13.6 Å². The molecule has 0 aromatic heterocycles. The Morgan fingerprint density at radius 3 is 2.64 bits per heavy atom. The van der Waals surface area contributed by atoms with Crippen LogP contribution in [0.1, 0.15) is 32.3 Å². The molecule has 1 aromatic rings. The molecule has 7 nitrogen and oxygen atoms in total. The summed E-state index contributed by atoms with van der Waals surface area (Å²) >= 11 is 0. The third-order valence-corrected chi connectivity index (χ3v) is 4.44. The number of piperidine rings is 1. The first-order chi connectivity index (χ1) is 12.7. The Morgan fingerprint density at radius 1 is 1.43 bits per heavy atom. The van der Waals surface area contributed by atoms with Crippen molar-refractivity contribution in [1.82, 2.24) is 10.2 Å². The molecule has 1 aliphatic heterocycles. The number of amides is 1. The predicted molar refractivity (Wildman–Crippen MR) is 113 cm³/mol. The lowest BCUT2D eigenvalue weighted by Crippen LogP contribution is -2.48. The molecule has 1 heterocycles. The van der Waals surface area contributed by atoms with Crippen LogP contribution in [0.25, 0.3) is 0 Å². The summed E-state index contributed by atoms with van der Waals surface area (Å²) in [4.78, 5) is 17.4. The lowest BCUT2D eigenvalue weighted by molar-refractivity contribution is 0.0632. The maximum absolute atomic E-state index is 13.9. The molecule has 1 saturated heterocycles. The zero-order valence-electron chi connectivity index (χ0n) is 16.0. The number of rotatable bonds is 5. The van der Waals surface area contributed by atoms with Gasteiger partial charge in [-0.2, -0.15) is 0 Å². The highest BCUT2D eigenvalue weighted by Gasteiger charge is 2.27. The Hall–Kier alpha value is -1.69. The maximum atomic E-state index is 13.9. The molecule has 10 heteroatoms. The van der Waals surface area contributed by atoms with E-state index in [1.165, 1.54) is 13.0 Å². The van der Waals surface area contributed by atoms with Gasteiger partial charge >= 0.3 is 6.09 Å². The first-order valence-corrected chi connectivity index (χ1v) is 8.89. The van der Waals surface area contributed by atoms with Crippen molar-refractivity contribution in [1.29, 1.82) is 0 Å². The fourth-order valence-electron chi connectivity index (χ4n) is 2.93. The van der Waals surface area contributed by atoms with Crippen molar-refractivity contribution in [3.63, 3.8) is 0 Å². The average molecular weight is 512 g/mol. The minimum Gasteiger partial charge on any atom is -0.450 e. The van der Waals surface area contributed by atoms with E-state index in [9.17, 15) is 18.7 Å². The summed E-state index contributed by atoms with van der Waals surface area (Å²) in [7, 11) is 0. The molecule has 0 saturated carbocycles. The molecule has 0 aliphatic carbocycles. The number of guanidine groups is 1. The van der Waals surface area contributed by atoms with Crippen molar-refractivity contribution < 1.29 is 23.4 Å². The van der Waals surface area contributed by atoms with Crippen LogP contribution < -0.4 is 11.1 Å². The third-order valence-electron chi connectivity index (χ3n) is 4.44. The number of halogens is 3. The van der Waals surface area contributed by atoms with Crippen LogP contribution in [0.5, 0.6) is 0 Å². The molecule has 1 atom stereocenters. The lowest BCUT2D eigenvalue weighted by Gasteiger charge is -2.32. The molecule has 1 amide bonds. The lowest BCUT2D eigenvalue weighted by atomic mass is 9.95. The number of carbonyl (C=O) groups is 1. The number of aliphatic hydroxyl groups is 1. The van der Waals surface area contributed by atoms with Gasteiger partial charge in [-0.15, -0.1) is 24.0 Å². The molecule has 0 bridgehead atoms. The summed E-state index contributed by atoms with van der Waals surface area (Å²) in [5.41, 5.74) is 4.18. The van der Waals surface area contributed by atoms with Crippen molar-refractivity contribution >= 4 is 36.0 Å². The maximum Gasteiger partial charge on any atom is 0.409 e. The number of ether oxygens (including phenoxy) is 1. The first-order valence-electron chi connectivity index (χ1n) is 8.89. The largest absolute Gasteiger partial charge is 0.450 e. The normalized spacial score (nSPS) is 17.5. The Bertz CT molecular complexity index is 695. The van der Waals surface area contributed by atoms with Gasteiger partial charge in [0, 0.05) is 30.8 Å². The summed E-state index contributed by atoms with van der Waals surface area (Å²) in [5, 5.41) is 13.5. The van der Waals surface area contributed by atoms with E-state index in [0.717, 1.165) is 6.07 Å². The summed E-state index contributed by atoms with van der Waals surface area (Å²) in [6.07, 6.45) is 1.03. The van der Waals surface area contributed by atoms with Crippen LogP contribution in [0.3, 0.4) is 0 Å². The van der Waals surface area contributed by atoms with E-state index in [2.05, 4.69) is 10.3 Å². The SMILES string of the molecule is CCOC(=O)N1CCC(NC(N)=NCC(C)(O)c2ccc(F)cc2F)CC1.I. The van der Waals surface area contributed by atoms with Crippen LogP contribution in [-0.4, -0.2) is 54.3 Å². The van der Waals surface area contributed by atoms with Crippen molar-refractivity contribution in [3.05, 3.63) is 35.4 Å². The highest BCUT2D eigenvalue weighted by atomic mass is 127. The van der Waals surface area contributed by atoms with Crippen molar-refractivity contribution in [2.45, 2.75) is 38.3 Å². The zero-order valence-corrected chi connectivity index (χ0v) is 18.3. The van der Waals surface area contributed by atoms with E-state index < -0.39 is 17.2 Å². The molecule has 1 aromatic carbocycles. The van der Waals surface area contributed by atoms with Crippen LogP contribution in [0.15, 0.2) is 23.2 Å². The molecule has 4 N–H and O–H groups in total. The molecule has 158 valence electrons. The number of hydrogen-bond acceptors (Lipinski definition) is 4. The van der Waals surface area contributed by atoms with Crippen LogP contribution in [-0.2, 0) is 10.3 Å². The Balaban J connectivity index is 0.00000392. The summed E-state index contributed by atoms with van der Waals surface area (Å²) < 4.78 is 31.9. The van der Waals surface area contributed by atoms with Crippen molar-refractivity contribution in [2.24, 2.45) is 10.7 Å². The molecule has 1 aliphatic rings. The van der Waals surface area contributed by atoms with Crippen LogP contribution >= 0.6 is 24.0 Å². The Labute approximate surface area is 180 Å². The zero-order chi connectivity index (χ0) is 20.0. The molecule has 0 spiro atoms. The quantitative estimate of drug-likeness (QED) is 0.320. The van der Waals surface area contributed by atoms with E-state index in [-0.39, 0.29) is 54.2 Å². The number of likely N-dealkylation sites (tertiary alicyclic amines) is 1. The molecule has 0 radical (unpaired) electrons. The van der Waals surface area contributed by atoms with Crippen molar-refractivity contribution in [3.8, 4) is 0 Å². The fraction of sp³-hybridized carbons (Fsp3) is 0.556. The van der Waals surface area contributed by atoms with Gasteiger partial charge in [-0.1, -0.05) is 6.07 Å². The number of aliphatic imine (C=N–C) groups is 1. The second kappa shape index (κ2) is 10.7. The number of hydrogen-bond donors (Lipinski definition) is 3. The van der Waals surface area contributed by atoms with Gasteiger partial charge in [0.2, 0.25) is 0 Å². The van der Waals surface area contributed by atoms with Gasteiger partial charge in [0.15, 0.2) is 5.96 Å². The van der Waals surface area contributed by atoms with E-state index >= 15 is 0 Å². The fourth-order valence-corrected chi connectivity index (χ4v) is 2.93. The summed E-state index contributed by atoms with van der Waals surface area (Å²) in [5.74, 6) is -1.44. The molecule has 2 rings (SSSR count). The Morgan fingerprint density at radius 2 is 2.07 bits per heavy atom. The van der Waals surface area contributed by atoms with Gasteiger partial charge in [0.1, 0.15) is 17.2 Å². The van der Waals surface area contributed by atoms with Gasteiger partial charge in [0.25, 0.3) is 0 Å². The number of nitrogens with two attached hydrogens (primary N) is 1. The second-order valence-electron chi connectivity index (χ2n) is 6.70. The van der Waals surface area contributed by atoms with Gasteiger partial charge in [-0.05, 0) is 32.8 Å². The van der Waals surface area contributed by atoms with Gasteiger partial charge in [0.05, 0.1) is 13.2 Å². The van der Waals surface area contributed by atoms with E-state index in [1.54, 1.807) is 11.8 Å². The predicted octanol–water partition coefficient (Wildman–Crippen LogP) is 2.32. The molecular weight excluding hydrogens is 485 g/mol. The van der Waals surface area contributed by atoms with E-state index in [4.69, 9.17) is 10.5 Å². The number of carbonyl (C=O) groups excluding carboxylic acids is 1. The number of nitrogens with zero attached hydrogens (tertiary/aromatic N) is 2. The third kappa shape index (κ3) is 6.73. The topological polar surface area (TPSA) is 100 Å². The first kappa shape index (κ1) is 24.3. The standard InChI is InChI=1S/C18H26F2N4O3.HI/c1-3-27-17(25)24-8-6-13(7-9-24)23-16(21)22-11-18(2,26)14-5-4-12(19)10-15(14)20;/h4-5,10,13,26H,3,6-9,11H2,1-2H3,(H3,21,22,23);1H. The highest BCUT2D eigenvalue weighted by Crippen LogP contribution is 2.24. The summed E-state index contributed by atoms with van der Waals surface area (Å²) in [6.45, 7) is 4.39. The van der Waals surface area contributed by atoms with Gasteiger partial charge in [-0.3, -0.25) is 4.99 Å². The monoisotopic (exact) mass is 512 g/mol. The van der Waals surface area contributed by atoms with Crippen molar-refractivity contribution in [2.75, 3.05) is 26.2 Å². The highest BCUT2D eigenvalue weighted by molar-refractivity contribution is 14.0. The van der Waals surface area contributed by atoms with Gasteiger partial charge < -0.3 is 25.8 Å². The van der Waals surface area contributed by atoms with Crippen LogP contribution in [0.4, 0.5) is 13.6 Å². The smallest absolute Gasteiger partial charge is 0.409 e. The second-order valence-corrected chi connectivity index (χ2v) is 6.70. The number of benzene rings is 1. The molecule has 28 heavy (non-hydrogen) atoms. The molecule has 1 fully saturated rings. The average Bonchev–Trinajstić information content (AvgIpc) is 2.60. The molecule has 1 unspecified atom stereocenters. The molecular formula is C18H27F2IN4O3. The van der Waals surface area contributed by atoms with Crippen LogP contribution in [0.2, 0.25) is 0 Å². The summed E-state index contributed by atoms with van der Waals surface area (Å²) in [6, 6.07) is 3.02. The Kier molecular flexibility index (Phi) is 9.34. The number of nitrogens with one attached hydrogen (secondary N) is 1.